The van der Waals surface area contributed by atoms with Crippen molar-refractivity contribution < 1.29 is 23.8 Å². The summed E-state index contributed by atoms with van der Waals surface area (Å²) in [6, 6.07) is 22.9. The number of carbonyl (C=O) groups is 2. The van der Waals surface area contributed by atoms with Gasteiger partial charge >= 0.3 is 5.97 Å². The summed E-state index contributed by atoms with van der Waals surface area (Å²) in [5, 5.41) is 14.8. The average Bonchev–Trinajstić information content (AvgIpc) is 3.24. The summed E-state index contributed by atoms with van der Waals surface area (Å²) in [4.78, 5) is 27.8. The number of amides is 1. The molecule has 35 heavy (non-hydrogen) atoms. The molecule has 4 aromatic rings. The number of fused-ring (bicyclic) bond motifs is 1. The number of ether oxygens (including phenoxy) is 1. The number of hydrogen-bond acceptors (Lipinski definition) is 6. The van der Waals surface area contributed by atoms with Gasteiger partial charge in [0.2, 0.25) is 5.91 Å². The van der Waals surface area contributed by atoms with Crippen molar-refractivity contribution in [1.29, 1.82) is 0 Å². The van der Waals surface area contributed by atoms with Gasteiger partial charge in [-0.1, -0.05) is 37.3 Å². The number of aromatic nitrogens is 1. The predicted molar refractivity (Wildman–Crippen MR) is 134 cm³/mol. The van der Waals surface area contributed by atoms with Crippen LogP contribution in [0.5, 0.6) is 5.75 Å². The molecule has 0 spiro atoms. The van der Waals surface area contributed by atoms with Crippen molar-refractivity contribution >= 4 is 40.4 Å². The highest BCUT2D eigenvalue weighted by Crippen LogP contribution is 2.24. The molecule has 0 radical (unpaired) electrons. The number of carbonyl (C=O) groups excluding carboxylic acids is 1. The summed E-state index contributed by atoms with van der Waals surface area (Å²) < 4.78 is 11.4. The van der Waals surface area contributed by atoms with Crippen LogP contribution in [0.15, 0.2) is 77.2 Å². The number of aliphatic carboxylic acids is 1. The summed E-state index contributed by atoms with van der Waals surface area (Å²) in [6.07, 6.45) is 1.01. The van der Waals surface area contributed by atoms with Gasteiger partial charge in [0.05, 0.1) is 6.61 Å². The smallest absolute Gasteiger partial charge is 0.303 e. The highest BCUT2D eigenvalue weighted by molar-refractivity contribution is 5.92. The van der Waals surface area contributed by atoms with Crippen LogP contribution in [-0.2, 0) is 16.0 Å². The minimum Gasteiger partial charge on any atom is -0.494 e. The van der Waals surface area contributed by atoms with Crippen molar-refractivity contribution in [3.05, 3.63) is 78.4 Å². The maximum atomic E-state index is 12.8. The molecule has 3 N–H and O–H groups in total. The van der Waals surface area contributed by atoms with Gasteiger partial charge in [-0.2, -0.15) is 4.98 Å². The molecule has 0 aliphatic carbocycles. The third kappa shape index (κ3) is 6.83. The van der Waals surface area contributed by atoms with E-state index < -0.39 is 5.97 Å². The van der Waals surface area contributed by atoms with E-state index in [1.165, 1.54) is 0 Å². The maximum absolute atomic E-state index is 12.8. The molecule has 0 fully saturated rings. The quantitative estimate of drug-likeness (QED) is 0.242. The molecule has 1 unspecified atom stereocenters. The van der Waals surface area contributed by atoms with Gasteiger partial charge in [0.25, 0.3) is 6.01 Å². The fourth-order valence-corrected chi connectivity index (χ4v) is 3.58. The molecule has 3 aromatic carbocycles. The molecule has 4 rings (SSSR count). The molecule has 1 heterocycles. The molecule has 0 saturated heterocycles. The predicted octanol–water partition coefficient (Wildman–Crippen LogP) is 5.63. The SMILES string of the molecule is CC(Cc1ccc2nc(Nc3ccccc3)oc2c1)C(=O)Nc1cccc(OCCCC(=O)O)c1. The van der Waals surface area contributed by atoms with Crippen molar-refractivity contribution in [3.63, 3.8) is 0 Å². The van der Waals surface area contributed by atoms with Crippen LogP contribution in [0.25, 0.3) is 11.1 Å². The number of para-hydroxylation sites is 1. The van der Waals surface area contributed by atoms with Crippen molar-refractivity contribution in [2.24, 2.45) is 5.92 Å². The second kappa shape index (κ2) is 11.2. The lowest BCUT2D eigenvalue weighted by Crippen LogP contribution is -2.22. The molecule has 8 nitrogen and oxygen atoms in total. The summed E-state index contributed by atoms with van der Waals surface area (Å²) >= 11 is 0. The first kappa shape index (κ1) is 23.8. The van der Waals surface area contributed by atoms with Crippen LogP contribution in [0.3, 0.4) is 0 Å². The summed E-state index contributed by atoms with van der Waals surface area (Å²) in [5.41, 5.74) is 3.88. The number of oxazole rings is 1. The number of nitrogens with one attached hydrogen (secondary N) is 2. The van der Waals surface area contributed by atoms with E-state index in [0.717, 1.165) is 16.8 Å². The van der Waals surface area contributed by atoms with E-state index in [9.17, 15) is 9.59 Å². The number of benzene rings is 3. The first-order chi connectivity index (χ1) is 17.0. The lowest BCUT2D eigenvalue weighted by Gasteiger charge is -2.13. The van der Waals surface area contributed by atoms with E-state index in [-0.39, 0.29) is 18.2 Å². The molecule has 8 heteroatoms. The van der Waals surface area contributed by atoms with Crippen molar-refractivity contribution in [3.8, 4) is 5.75 Å². The number of rotatable bonds is 11. The Bertz CT molecular complexity index is 1300. The van der Waals surface area contributed by atoms with Gasteiger partial charge < -0.3 is 24.9 Å². The number of carboxylic acid groups (broad SMARTS) is 1. The van der Waals surface area contributed by atoms with E-state index in [1.54, 1.807) is 24.3 Å². The maximum Gasteiger partial charge on any atom is 0.303 e. The third-order valence-electron chi connectivity index (χ3n) is 5.37. The minimum absolute atomic E-state index is 0.0542. The summed E-state index contributed by atoms with van der Waals surface area (Å²) in [6.45, 7) is 2.17. The standard InChI is InChI=1S/C27H27N3O5/c1-18(26(33)28-21-9-5-10-22(17-21)34-14-6-11-25(31)32)15-19-12-13-23-24(16-19)35-27(30-23)29-20-7-3-2-4-8-20/h2-5,7-10,12-13,16-18H,6,11,14-15H2,1H3,(H,28,33)(H,29,30)(H,31,32). The second-order valence-corrected chi connectivity index (χ2v) is 8.28. The first-order valence-electron chi connectivity index (χ1n) is 11.4. The fourth-order valence-electron chi connectivity index (χ4n) is 3.58. The second-order valence-electron chi connectivity index (χ2n) is 8.28. The minimum atomic E-state index is -0.852. The highest BCUT2D eigenvalue weighted by Gasteiger charge is 2.16. The Labute approximate surface area is 202 Å². The van der Waals surface area contributed by atoms with Crippen LogP contribution >= 0.6 is 0 Å². The number of hydrogen-bond donors (Lipinski definition) is 3. The topological polar surface area (TPSA) is 114 Å². The van der Waals surface area contributed by atoms with E-state index in [0.29, 0.717) is 42.5 Å². The average molecular weight is 474 g/mol. The molecular weight excluding hydrogens is 446 g/mol. The molecule has 180 valence electrons. The molecule has 1 aromatic heterocycles. The van der Waals surface area contributed by atoms with Gasteiger partial charge in [-0.05, 0) is 54.8 Å². The Morgan fingerprint density at radius 1 is 1.03 bits per heavy atom. The Morgan fingerprint density at radius 3 is 2.63 bits per heavy atom. The Kier molecular flexibility index (Phi) is 7.62. The van der Waals surface area contributed by atoms with Crippen molar-refractivity contribution in [1.82, 2.24) is 4.98 Å². The molecule has 0 aliphatic heterocycles. The van der Waals surface area contributed by atoms with E-state index >= 15 is 0 Å². The van der Waals surface area contributed by atoms with Crippen LogP contribution < -0.4 is 15.4 Å². The van der Waals surface area contributed by atoms with Gasteiger partial charge in [0.15, 0.2) is 5.58 Å². The summed E-state index contributed by atoms with van der Waals surface area (Å²) in [7, 11) is 0. The van der Waals surface area contributed by atoms with Crippen LogP contribution in [0, 0.1) is 5.92 Å². The number of carboxylic acids is 1. The normalized spacial score (nSPS) is 11.7. The van der Waals surface area contributed by atoms with Crippen molar-refractivity contribution in [2.45, 2.75) is 26.2 Å². The van der Waals surface area contributed by atoms with Gasteiger partial charge in [-0.15, -0.1) is 0 Å². The van der Waals surface area contributed by atoms with Crippen molar-refractivity contribution in [2.75, 3.05) is 17.2 Å². The molecule has 0 saturated carbocycles. The highest BCUT2D eigenvalue weighted by atomic mass is 16.5. The van der Waals surface area contributed by atoms with Gasteiger partial charge in [-0.3, -0.25) is 9.59 Å². The lowest BCUT2D eigenvalue weighted by atomic mass is 10.00. The zero-order chi connectivity index (χ0) is 24.6. The third-order valence-corrected chi connectivity index (χ3v) is 5.37. The fraction of sp³-hybridized carbons (Fsp3) is 0.222. The Hall–Kier alpha value is -4.33. The zero-order valence-electron chi connectivity index (χ0n) is 19.4. The summed E-state index contributed by atoms with van der Waals surface area (Å²) in [5.74, 6) is -0.665. The van der Waals surface area contributed by atoms with Gasteiger partial charge in [0, 0.05) is 29.8 Å². The molecule has 1 atom stereocenters. The van der Waals surface area contributed by atoms with Crippen LogP contribution in [0.2, 0.25) is 0 Å². The first-order valence-corrected chi connectivity index (χ1v) is 11.4. The molecule has 0 aliphatic rings. The Balaban J connectivity index is 1.33. The van der Waals surface area contributed by atoms with Gasteiger partial charge in [-0.25, -0.2) is 0 Å². The van der Waals surface area contributed by atoms with Crippen LogP contribution in [0.1, 0.15) is 25.3 Å². The molecular formula is C27H27N3O5. The molecule has 1 amide bonds. The molecule has 0 bridgehead atoms. The van der Waals surface area contributed by atoms with E-state index in [2.05, 4.69) is 15.6 Å². The number of anilines is 3. The van der Waals surface area contributed by atoms with Crippen LogP contribution in [0.4, 0.5) is 17.4 Å². The van der Waals surface area contributed by atoms with E-state index in [1.807, 2.05) is 55.5 Å². The monoisotopic (exact) mass is 473 g/mol. The lowest BCUT2D eigenvalue weighted by molar-refractivity contribution is -0.137. The number of nitrogens with zero attached hydrogens (tertiary/aromatic N) is 1. The Morgan fingerprint density at radius 2 is 1.83 bits per heavy atom. The van der Waals surface area contributed by atoms with E-state index in [4.69, 9.17) is 14.3 Å². The van der Waals surface area contributed by atoms with Gasteiger partial charge in [0.1, 0.15) is 11.3 Å². The largest absolute Gasteiger partial charge is 0.494 e. The zero-order valence-corrected chi connectivity index (χ0v) is 19.4. The van der Waals surface area contributed by atoms with Crippen LogP contribution in [-0.4, -0.2) is 28.6 Å².